The molecule has 0 atom stereocenters. The highest BCUT2D eigenvalue weighted by Gasteiger charge is 2.08. The third-order valence-electron chi connectivity index (χ3n) is 2.68. The summed E-state index contributed by atoms with van der Waals surface area (Å²) in [6, 6.07) is 6.52. The molecular formula is C14H20N2O4. The maximum atomic E-state index is 11.8. The predicted octanol–water partition coefficient (Wildman–Crippen LogP) is 1.81. The van der Waals surface area contributed by atoms with Crippen LogP contribution in [0.2, 0.25) is 0 Å². The number of urea groups is 1. The summed E-state index contributed by atoms with van der Waals surface area (Å²) in [5, 5.41) is 11.4. The van der Waals surface area contributed by atoms with Crippen molar-refractivity contribution in [1.82, 2.24) is 4.90 Å². The van der Waals surface area contributed by atoms with E-state index < -0.39 is 5.97 Å². The Labute approximate surface area is 118 Å². The number of amides is 2. The van der Waals surface area contributed by atoms with Gasteiger partial charge in [0, 0.05) is 25.9 Å². The van der Waals surface area contributed by atoms with Crippen molar-refractivity contribution in [2.24, 2.45) is 0 Å². The molecule has 0 bridgehead atoms. The van der Waals surface area contributed by atoms with Crippen LogP contribution in [-0.2, 0) is 16.0 Å². The Morgan fingerprint density at radius 1 is 1.30 bits per heavy atom. The van der Waals surface area contributed by atoms with Gasteiger partial charge in [-0.15, -0.1) is 0 Å². The smallest absolute Gasteiger partial charge is 0.321 e. The van der Waals surface area contributed by atoms with Crippen molar-refractivity contribution in [3.63, 3.8) is 0 Å². The fraction of sp³-hybridized carbons (Fsp3) is 0.429. The maximum Gasteiger partial charge on any atom is 0.321 e. The van der Waals surface area contributed by atoms with Crippen molar-refractivity contribution in [2.75, 3.05) is 32.1 Å². The van der Waals surface area contributed by atoms with Gasteiger partial charge in [0.2, 0.25) is 0 Å². The lowest BCUT2D eigenvalue weighted by Gasteiger charge is -2.17. The van der Waals surface area contributed by atoms with Crippen LogP contribution in [0.25, 0.3) is 0 Å². The number of ether oxygens (including phenoxy) is 1. The summed E-state index contributed by atoms with van der Waals surface area (Å²) in [5.74, 6) is -0.877. The molecule has 0 unspecified atom stereocenters. The Bertz CT molecular complexity index is 445. The molecular weight excluding hydrogens is 260 g/mol. The number of carbonyl (C=O) groups excluding carboxylic acids is 1. The second-order valence-electron chi connectivity index (χ2n) is 4.32. The first kappa shape index (κ1) is 16.0. The van der Waals surface area contributed by atoms with E-state index >= 15 is 0 Å². The maximum absolute atomic E-state index is 11.8. The summed E-state index contributed by atoms with van der Waals surface area (Å²) < 4.78 is 5.18. The fourth-order valence-electron chi connectivity index (χ4n) is 1.55. The van der Waals surface area contributed by atoms with Crippen molar-refractivity contribution in [3.05, 3.63) is 29.8 Å². The number of carboxylic acid groups (broad SMARTS) is 1. The van der Waals surface area contributed by atoms with Gasteiger partial charge in [0.25, 0.3) is 0 Å². The Morgan fingerprint density at radius 2 is 1.95 bits per heavy atom. The van der Waals surface area contributed by atoms with Crippen LogP contribution in [0.5, 0.6) is 0 Å². The summed E-state index contributed by atoms with van der Waals surface area (Å²) >= 11 is 0. The Kier molecular flexibility index (Phi) is 6.52. The van der Waals surface area contributed by atoms with Gasteiger partial charge < -0.3 is 20.1 Å². The fourth-order valence-corrected chi connectivity index (χ4v) is 1.55. The highest BCUT2D eigenvalue weighted by atomic mass is 16.5. The van der Waals surface area contributed by atoms with Crippen molar-refractivity contribution in [3.8, 4) is 0 Å². The zero-order valence-corrected chi connectivity index (χ0v) is 11.8. The van der Waals surface area contributed by atoms with Crippen molar-refractivity contribution in [1.29, 1.82) is 0 Å². The Morgan fingerprint density at radius 3 is 2.50 bits per heavy atom. The molecule has 0 fully saturated rings. The summed E-state index contributed by atoms with van der Waals surface area (Å²) in [6.45, 7) is 3.54. The van der Waals surface area contributed by atoms with E-state index in [1.165, 1.54) is 4.90 Å². The monoisotopic (exact) mass is 280 g/mol. The second kappa shape index (κ2) is 8.16. The quantitative estimate of drug-likeness (QED) is 0.747. The summed E-state index contributed by atoms with van der Waals surface area (Å²) in [5.41, 5.74) is 1.33. The number of hydrogen-bond donors (Lipinski definition) is 2. The molecule has 110 valence electrons. The lowest BCUT2D eigenvalue weighted by Crippen LogP contribution is -2.34. The number of carbonyl (C=O) groups is 2. The number of nitrogens with one attached hydrogen (secondary N) is 1. The lowest BCUT2D eigenvalue weighted by molar-refractivity contribution is -0.136. The van der Waals surface area contributed by atoms with E-state index in [1.807, 2.05) is 6.92 Å². The van der Waals surface area contributed by atoms with Gasteiger partial charge in [-0.3, -0.25) is 4.79 Å². The van der Waals surface area contributed by atoms with Crippen LogP contribution < -0.4 is 5.32 Å². The number of rotatable bonds is 7. The highest BCUT2D eigenvalue weighted by Crippen LogP contribution is 2.10. The van der Waals surface area contributed by atoms with E-state index in [-0.39, 0.29) is 12.5 Å². The molecule has 0 aliphatic heterocycles. The minimum atomic E-state index is -0.877. The average molecular weight is 280 g/mol. The van der Waals surface area contributed by atoms with Gasteiger partial charge in [0.15, 0.2) is 0 Å². The van der Waals surface area contributed by atoms with Crippen LogP contribution in [0.4, 0.5) is 10.5 Å². The number of likely N-dealkylation sites (N-methyl/N-ethyl adjacent to an activating group) is 1. The molecule has 0 heterocycles. The molecule has 6 heteroatoms. The molecule has 1 rings (SSSR count). The van der Waals surface area contributed by atoms with Crippen LogP contribution in [0, 0.1) is 0 Å². The molecule has 0 aromatic heterocycles. The SMILES string of the molecule is CCOCCN(C)C(=O)Nc1ccc(CC(=O)O)cc1. The molecule has 0 spiro atoms. The van der Waals surface area contributed by atoms with Gasteiger partial charge in [-0.25, -0.2) is 4.79 Å². The van der Waals surface area contributed by atoms with Crippen LogP contribution in [-0.4, -0.2) is 48.8 Å². The van der Waals surface area contributed by atoms with E-state index in [4.69, 9.17) is 9.84 Å². The molecule has 2 amide bonds. The molecule has 20 heavy (non-hydrogen) atoms. The first-order valence-electron chi connectivity index (χ1n) is 6.43. The zero-order valence-electron chi connectivity index (χ0n) is 11.8. The topological polar surface area (TPSA) is 78.9 Å². The first-order valence-corrected chi connectivity index (χ1v) is 6.43. The third kappa shape index (κ3) is 5.71. The molecule has 1 aromatic rings. The van der Waals surface area contributed by atoms with Gasteiger partial charge in [-0.05, 0) is 24.6 Å². The van der Waals surface area contributed by atoms with Crippen LogP contribution in [0.15, 0.2) is 24.3 Å². The van der Waals surface area contributed by atoms with Crippen molar-refractivity contribution >= 4 is 17.7 Å². The number of carboxylic acids is 1. The standard InChI is InChI=1S/C14H20N2O4/c1-3-20-9-8-16(2)14(19)15-12-6-4-11(5-7-12)10-13(17)18/h4-7H,3,8-10H2,1-2H3,(H,15,19)(H,17,18). The first-order chi connectivity index (χ1) is 9.52. The van der Waals surface area contributed by atoms with Gasteiger partial charge >= 0.3 is 12.0 Å². The van der Waals surface area contributed by atoms with Gasteiger partial charge in [0.05, 0.1) is 13.0 Å². The highest BCUT2D eigenvalue weighted by molar-refractivity contribution is 5.89. The summed E-state index contributed by atoms with van der Waals surface area (Å²) in [4.78, 5) is 23.9. The molecule has 0 radical (unpaired) electrons. The van der Waals surface area contributed by atoms with E-state index in [1.54, 1.807) is 31.3 Å². The minimum Gasteiger partial charge on any atom is -0.481 e. The Balaban J connectivity index is 2.47. The summed E-state index contributed by atoms with van der Waals surface area (Å²) in [7, 11) is 1.69. The molecule has 1 aromatic carbocycles. The lowest BCUT2D eigenvalue weighted by atomic mass is 10.1. The molecule has 0 aliphatic carbocycles. The van der Waals surface area contributed by atoms with E-state index in [0.717, 1.165) is 0 Å². The number of hydrogen-bond acceptors (Lipinski definition) is 3. The van der Waals surface area contributed by atoms with E-state index in [2.05, 4.69) is 5.32 Å². The molecule has 0 saturated carbocycles. The predicted molar refractivity (Wildman–Crippen MR) is 75.9 cm³/mol. The van der Waals surface area contributed by atoms with Crippen LogP contribution >= 0.6 is 0 Å². The van der Waals surface area contributed by atoms with Crippen molar-refractivity contribution < 1.29 is 19.4 Å². The number of anilines is 1. The van der Waals surface area contributed by atoms with Gasteiger partial charge in [0.1, 0.15) is 0 Å². The van der Waals surface area contributed by atoms with Gasteiger partial charge in [-0.2, -0.15) is 0 Å². The molecule has 0 saturated heterocycles. The largest absolute Gasteiger partial charge is 0.481 e. The zero-order chi connectivity index (χ0) is 15.0. The van der Waals surface area contributed by atoms with Gasteiger partial charge in [-0.1, -0.05) is 12.1 Å². The molecule has 2 N–H and O–H groups in total. The minimum absolute atomic E-state index is 0.0253. The van der Waals surface area contributed by atoms with Crippen molar-refractivity contribution in [2.45, 2.75) is 13.3 Å². The second-order valence-corrected chi connectivity index (χ2v) is 4.32. The summed E-state index contributed by atoms with van der Waals surface area (Å²) in [6.07, 6.45) is -0.0253. The average Bonchev–Trinajstić information content (AvgIpc) is 2.40. The number of benzene rings is 1. The van der Waals surface area contributed by atoms with E-state index in [9.17, 15) is 9.59 Å². The van der Waals surface area contributed by atoms with E-state index in [0.29, 0.717) is 31.0 Å². The van der Waals surface area contributed by atoms with Crippen LogP contribution in [0.1, 0.15) is 12.5 Å². The van der Waals surface area contributed by atoms with Crippen LogP contribution in [0.3, 0.4) is 0 Å². The number of aliphatic carboxylic acids is 1. The normalized spacial score (nSPS) is 10.1. The molecule has 0 aliphatic rings. The third-order valence-corrected chi connectivity index (χ3v) is 2.68. The number of nitrogens with zero attached hydrogens (tertiary/aromatic N) is 1. The Hall–Kier alpha value is -2.08. The molecule has 6 nitrogen and oxygen atoms in total.